The maximum absolute atomic E-state index is 12.9. The highest BCUT2D eigenvalue weighted by Crippen LogP contribution is 2.43. The number of ketones is 1. The fraction of sp³-hybridized carbons (Fsp3) is 0.381. The number of hydrogen-bond donors (Lipinski definition) is 7. The number of carbonyl (C=O) groups excluding carboxylic acids is 1. The number of carbonyl (C=O) groups is 1. The molecule has 4 rings (SSSR count). The summed E-state index contributed by atoms with van der Waals surface area (Å²) in [7, 11) is 0. The summed E-state index contributed by atoms with van der Waals surface area (Å²) in [6, 6.07) is 6.29. The first-order valence-electron chi connectivity index (χ1n) is 9.75. The van der Waals surface area contributed by atoms with Crippen LogP contribution in [0.4, 0.5) is 0 Å². The van der Waals surface area contributed by atoms with Gasteiger partial charge in [-0.15, -0.1) is 0 Å². The zero-order valence-electron chi connectivity index (χ0n) is 16.5. The van der Waals surface area contributed by atoms with Crippen LogP contribution in [0.3, 0.4) is 0 Å². The predicted octanol–water partition coefficient (Wildman–Crippen LogP) is -0.311. The van der Waals surface area contributed by atoms with Gasteiger partial charge in [-0.05, 0) is 17.7 Å². The van der Waals surface area contributed by atoms with E-state index in [1.165, 1.54) is 24.3 Å². The molecule has 0 aromatic heterocycles. The van der Waals surface area contributed by atoms with Crippen LogP contribution in [-0.4, -0.2) is 78.8 Å². The zero-order chi connectivity index (χ0) is 23.2. The van der Waals surface area contributed by atoms with Crippen LogP contribution in [0.1, 0.15) is 28.4 Å². The molecule has 11 heteroatoms. The summed E-state index contributed by atoms with van der Waals surface area (Å²) < 4.78 is 16.7. The normalized spacial score (nSPS) is 29.8. The molecule has 0 spiro atoms. The van der Waals surface area contributed by atoms with Gasteiger partial charge in [0.05, 0.1) is 13.0 Å². The minimum Gasteiger partial charge on any atom is -0.508 e. The fourth-order valence-corrected chi connectivity index (χ4v) is 3.72. The molecule has 2 aliphatic heterocycles. The van der Waals surface area contributed by atoms with Crippen LogP contribution >= 0.6 is 0 Å². The molecule has 0 unspecified atom stereocenters. The molecule has 172 valence electrons. The Hall–Kier alpha value is -3.09. The SMILES string of the molecule is O=C1C[C@@H](c2ccc(O)c(O)c2)Oc2cc(O)cc(O[C@@H]3O[C@H](CO)[C@@H](O)[C@H](O)[C@H]3O)c21. The van der Waals surface area contributed by atoms with Crippen LogP contribution in [0.25, 0.3) is 0 Å². The van der Waals surface area contributed by atoms with Crippen LogP contribution in [0.15, 0.2) is 30.3 Å². The van der Waals surface area contributed by atoms with Crippen molar-refractivity contribution in [2.45, 2.75) is 43.2 Å². The van der Waals surface area contributed by atoms with Gasteiger partial charge >= 0.3 is 0 Å². The van der Waals surface area contributed by atoms with Gasteiger partial charge in [-0.3, -0.25) is 4.79 Å². The molecule has 11 nitrogen and oxygen atoms in total. The largest absolute Gasteiger partial charge is 0.508 e. The van der Waals surface area contributed by atoms with Crippen LogP contribution in [0.2, 0.25) is 0 Å². The van der Waals surface area contributed by atoms with Crippen LogP contribution in [0.5, 0.6) is 28.7 Å². The second-order valence-corrected chi connectivity index (χ2v) is 7.61. The van der Waals surface area contributed by atoms with Gasteiger partial charge in [-0.2, -0.15) is 0 Å². The molecule has 32 heavy (non-hydrogen) atoms. The highest BCUT2D eigenvalue weighted by atomic mass is 16.7. The van der Waals surface area contributed by atoms with Gasteiger partial charge in [-0.1, -0.05) is 6.07 Å². The van der Waals surface area contributed by atoms with Crippen LogP contribution < -0.4 is 9.47 Å². The summed E-state index contributed by atoms with van der Waals surface area (Å²) in [5, 5.41) is 68.7. The number of aromatic hydroxyl groups is 3. The van der Waals surface area contributed by atoms with Gasteiger partial charge in [0.25, 0.3) is 0 Å². The molecule has 0 bridgehead atoms. The predicted molar refractivity (Wildman–Crippen MR) is 105 cm³/mol. The molecule has 2 aliphatic rings. The summed E-state index contributed by atoms with van der Waals surface area (Å²) in [6.07, 6.45) is -8.73. The molecule has 0 amide bonds. The number of fused-ring (bicyclic) bond motifs is 1. The first-order valence-corrected chi connectivity index (χ1v) is 9.75. The number of phenolic OH excluding ortho intramolecular Hbond substituents is 3. The third kappa shape index (κ3) is 3.92. The van der Waals surface area contributed by atoms with Crippen molar-refractivity contribution in [3.05, 3.63) is 41.5 Å². The highest BCUT2D eigenvalue weighted by molar-refractivity contribution is 6.02. The molecule has 2 aromatic carbocycles. The smallest absolute Gasteiger partial charge is 0.229 e. The van der Waals surface area contributed by atoms with E-state index in [0.717, 1.165) is 6.07 Å². The molecule has 2 heterocycles. The minimum absolute atomic E-state index is 0.0293. The third-order valence-corrected chi connectivity index (χ3v) is 5.43. The second kappa shape index (κ2) is 8.45. The van der Waals surface area contributed by atoms with Crippen molar-refractivity contribution in [1.82, 2.24) is 0 Å². The Morgan fingerprint density at radius 1 is 0.969 bits per heavy atom. The first kappa shape index (κ1) is 22.1. The Morgan fingerprint density at radius 3 is 2.41 bits per heavy atom. The second-order valence-electron chi connectivity index (χ2n) is 7.61. The zero-order valence-corrected chi connectivity index (χ0v) is 16.5. The lowest BCUT2D eigenvalue weighted by Gasteiger charge is -2.40. The van der Waals surface area contributed by atoms with Gasteiger partial charge in [0, 0.05) is 12.1 Å². The fourth-order valence-electron chi connectivity index (χ4n) is 3.72. The molecule has 6 atom stereocenters. The van der Waals surface area contributed by atoms with E-state index in [4.69, 9.17) is 14.2 Å². The van der Waals surface area contributed by atoms with Gasteiger partial charge in [-0.25, -0.2) is 0 Å². The van der Waals surface area contributed by atoms with E-state index in [0.29, 0.717) is 5.56 Å². The average Bonchev–Trinajstić information content (AvgIpc) is 2.75. The highest BCUT2D eigenvalue weighted by Gasteiger charge is 2.45. The van der Waals surface area contributed by atoms with E-state index in [2.05, 4.69) is 0 Å². The third-order valence-electron chi connectivity index (χ3n) is 5.43. The van der Waals surface area contributed by atoms with Crippen molar-refractivity contribution in [2.75, 3.05) is 6.61 Å². The van der Waals surface area contributed by atoms with E-state index >= 15 is 0 Å². The number of phenols is 3. The molecule has 7 N–H and O–H groups in total. The molecule has 1 saturated heterocycles. The lowest BCUT2D eigenvalue weighted by atomic mass is 9.95. The standard InChI is InChI=1S/C21H22O11/c22-7-16-18(27)19(28)20(29)21(32-16)31-15-5-9(23)4-14-17(15)12(26)6-13(30-14)8-1-2-10(24)11(25)3-8/h1-5,13,16,18-25,27-29H,6-7H2/t13-,16+,18+,19-,20+,21+/m0/s1. The molecular weight excluding hydrogens is 428 g/mol. The molecular formula is C21H22O11. The number of Topliss-reactive ketones (excluding diaryl/α,β-unsaturated/α-hetero) is 1. The number of rotatable bonds is 4. The van der Waals surface area contributed by atoms with Crippen molar-refractivity contribution >= 4 is 5.78 Å². The summed E-state index contributed by atoms with van der Waals surface area (Å²) in [6.45, 7) is -0.661. The van der Waals surface area contributed by atoms with E-state index in [-0.39, 0.29) is 40.7 Å². The quantitative estimate of drug-likeness (QED) is 0.303. The number of aliphatic hydroxyl groups is 4. The van der Waals surface area contributed by atoms with Crippen LogP contribution in [-0.2, 0) is 4.74 Å². The summed E-state index contributed by atoms with van der Waals surface area (Å²) in [5.41, 5.74) is 0.373. The van der Waals surface area contributed by atoms with E-state index in [9.17, 15) is 40.5 Å². The first-order chi connectivity index (χ1) is 15.2. The average molecular weight is 450 g/mol. The molecule has 0 saturated carbocycles. The molecule has 0 aliphatic carbocycles. The van der Waals surface area contributed by atoms with Gasteiger partial charge < -0.3 is 50.0 Å². The Kier molecular flexibility index (Phi) is 5.84. The van der Waals surface area contributed by atoms with Crippen LogP contribution in [0, 0.1) is 0 Å². The maximum atomic E-state index is 12.9. The summed E-state index contributed by atoms with van der Waals surface area (Å²) >= 11 is 0. The minimum atomic E-state index is -1.71. The van der Waals surface area contributed by atoms with Crippen molar-refractivity contribution in [3.8, 4) is 28.7 Å². The number of aliphatic hydroxyl groups excluding tert-OH is 4. The molecule has 0 radical (unpaired) electrons. The van der Waals surface area contributed by atoms with Crippen molar-refractivity contribution in [2.24, 2.45) is 0 Å². The van der Waals surface area contributed by atoms with E-state index in [1.807, 2.05) is 0 Å². The molecule has 1 fully saturated rings. The maximum Gasteiger partial charge on any atom is 0.229 e. The lowest BCUT2D eigenvalue weighted by molar-refractivity contribution is -0.277. The summed E-state index contributed by atoms with van der Waals surface area (Å²) in [4.78, 5) is 12.9. The Bertz CT molecular complexity index is 1020. The van der Waals surface area contributed by atoms with Gasteiger partial charge in [0.1, 0.15) is 53.3 Å². The van der Waals surface area contributed by atoms with Crippen molar-refractivity contribution in [3.63, 3.8) is 0 Å². The Morgan fingerprint density at radius 2 is 1.72 bits per heavy atom. The molecule has 2 aromatic rings. The van der Waals surface area contributed by atoms with Gasteiger partial charge in [0.15, 0.2) is 17.3 Å². The topological polar surface area (TPSA) is 186 Å². The Labute approximate surface area is 181 Å². The number of benzene rings is 2. The van der Waals surface area contributed by atoms with Gasteiger partial charge in [0.2, 0.25) is 6.29 Å². The number of ether oxygens (including phenoxy) is 3. The van der Waals surface area contributed by atoms with E-state index < -0.39 is 49.2 Å². The summed E-state index contributed by atoms with van der Waals surface area (Å²) in [5.74, 6) is -1.70. The van der Waals surface area contributed by atoms with Crippen molar-refractivity contribution < 1.29 is 54.8 Å². The van der Waals surface area contributed by atoms with E-state index in [1.54, 1.807) is 0 Å². The Balaban J connectivity index is 1.64. The van der Waals surface area contributed by atoms with Crippen molar-refractivity contribution in [1.29, 1.82) is 0 Å². The number of hydrogen-bond acceptors (Lipinski definition) is 11. The lowest BCUT2D eigenvalue weighted by Crippen LogP contribution is -2.60. The monoisotopic (exact) mass is 450 g/mol.